The maximum absolute atomic E-state index is 11.5. The summed E-state index contributed by atoms with van der Waals surface area (Å²) in [7, 11) is 0. The van der Waals surface area contributed by atoms with E-state index in [-0.39, 0.29) is 6.04 Å². The third-order valence-corrected chi connectivity index (χ3v) is 3.48. The molecule has 0 aliphatic carbocycles. The van der Waals surface area contributed by atoms with Crippen LogP contribution in [-0.2, 0) is 14.3 Å². The maximum atomic E-state index is 11.5. The zero-order chi connectivity index (χ0) is 16.1. The first-order valence-corrected chi connectivity index (χ1v) is 8.15. The Morgan fingerprint density at radius 2 is 1.67 bits per heavy atom. The van der Waals surface area contributed by atoms with Gasteiger partial charge < -0.3 is 14.6 Å². The number of nitrogens with one attached hydrogen (secondary N) is 1. The van der Waals surface area contributed by atoms with E-state index in [2.05, 4.69) is 12.2 Å². The Hall–Kier alpha value is -0.650. The number of ether oxygens (including phenoxy) is 2. The third-order valence-electron chi connectivity index (χ3n) is 3.48. The minimum Gasteiger partial charge on any atom is -0.480 e. The number of carboxylic acids is 1. The van der Waals surface area contributed by atoms with Crippen LogP contribution in [0.1, 0.15) is 59.8 Å². The molecule has 126 valence electrons. The molecule has 0 bridgehead atoms. The lowest BCUT2D eigenvalue weighted by atomic mass is 9.89. The maximum Gasteiger partial charge on any atom is 0.323 e. The van der Waals surface area contributed by atoms with E-state index < -0.39 is 11.5 Å². The smallest absolute Gasteiger partial charge is 0.323 e. The number of aliphatic carboxylic acids is 1. The number of unbranched alkanes of at least 4 members (excludes halogenated alkanes) is 1. The van der Waals surface area contributed by atoms with E-state index in [1.165, 1.54) is 0 Å². The molecule has 0 spiro atoms. The lowest BCUT2D eigenvalue weighted by molar-refractivity contribution is -0.146. The summed E-state index contributed by atoms with van der Waals surface area (Å²) in [6.07, 6.45) is 4.10. The highest BCUT2D eigenvalue weighted by atomic mass is 16.5. The van der Waals surface area contributed by atoms with Gasteiger partial charge in [0.25, 0.3) is 0 Å². The first-order chi connectivity index (χ1) is 9.98. The van der Waals surface area contributed by atoms with Crippen molar-refractivity contribution in [3.8, 4) is 0 Å². The van der Waals surface area contributed by atoms with Crippen molar-refractivity contribution >= 4 is 5.97 Å². The molecule has 0 aromatic heterocycles. The second kappa shape index (κ2) is 12.0. The molecule has 0 fully saturated rings. The van der Waals surface area contributed by atoms with Crippen LogP contribution >= 0.6 is 0 Å². The Labute approximate surface area is 129 Å². The van der Waals surface area contributed by atoms with Crippen molar-refractivity contribution in [1.29, 1.82) is 0 Å². The summed E-state index contributed by atoms with van der Waals surface area (Å²) in [6, 6.07) is 0.147. The Kier molecular flexibility index (Phi) is 11.6. The van der Waals surface area contributed by atoms with Gasteiger partial charge in [-0.05, 0) is 39.5 Å². The van der Waals surface area contributed by atoms with E-state index in [9.17, 15) is 9.90 Å². The molecule has 0 saturated carbocycles. The normalized spacial score (nSPS) is 14.3. The van der Waals surface area contributed by atoms with Crippen LogP contribution in [0.2, 0.25) is 0 Å². The van der Waals surface area contributed by atoms with Crippen LogP contribution in [-0.4, -0.2) is 49.1 Å². The van der Waals surface area contributed by atoms with Gasteiger partial charge in [-0.15, -0.1) is 0 Å². The molecular weight excluding hydrogens is 270 g/mol. The summed E-state index contributed by atoms with van der Waals surface area (Å²) >= 11 is 0. The van der Waals surface area contributed by atoms with Gasteiger partial charge in [0.2, 0.25) is 0 Å². The SMILES string of the molecule is CCCCOCCOCCCC(CC)(NC(C)C)C(=O)O. The molecule has 0 saturated heterocycles. The van der Waals surface area contributed by atoms with Gasteiger partial charge >= 0.3 is 5.97 Å². The molecule has 0 heterocycles. The average molecular weight is 303 g/mol. The van der Waals surface area contributed by atoms with E-state index in [1.807, 2.05) is 20.8 Å². The van der Waals surface area contributed by atoms with Crippen molar-refractivity contribution in [1.82, 2.24) is 5.32 Å². The predicted octanol–water partition coefficient (Wildman–Crippen LogP) is 2.83. The van der Waals surface area contributed by atoms with Crippen LogP contribution in [0.5, 0.6) is 0 Å². The van der Waals surface area contributed by atoms with Crippen LogP contribution in [0.3, 0.4) is 0 Å². The second-order valence-electron chi connectivity index (χ2n) is 5.72. The van der Waals surface area contributed by atoms with Gasteiger partial charge in [-0.3, -0.25) is 10.1 Å². The van der Waals surface area contributed by atoms with Gasteiger partial charge in [-0.2, -0.15) is 0 Å². The summed E-state index contributed by atoms with van der Waals surface area (Å²) in [4.78, 5) is 11.5. The van der Waals surface area contributed by atoms with E-state index in [0.717, 1.165) is 25.9 Å². The summed E-state index contributed by atoms with van der Waals surface area (Å²) in [5.74, 6) is -0.776. The number of carbonyl (C=O) groups is 1. The Morgan fingerprint density at radius 1 is 1.10 bits per heavy atom. The molecular formula is C16H33NO4. The molecule has 1 unspecified atom stereocenters. The van der Waals surface area contributed by atoms with E-state index in [0.29, 0.717) is 32.7 Å². The van der Waals surface area contributed by atoms with Crippen LogP contribution < -0.4 is 5.32 Å². The topological polar surface area (TPSA) is 67.8 Å². The van der Waals surface area contributed by atoms with Gasteiger partial charge in [0, 0.05) is 19.3 Å². The summed E-state index contributed by atoms with van der Waals surface area (Å²) in [5.41, 5.74) is -0.838. The Bertz CT molecular complexity index is 271. The lowest BCUT2D eigenvalue weighted by Crippen LogP contribution is -2.54. The zero-order valence-electron chi connectivity index (χ0n) is 14.1. The highest BCUT2D eigenvalue weighted by Gasteiger charge is 2.36. The summed E-state index contributed by atoms with van der Waals surface area (Å²) < 4.78 is 10.9. The molecule has 0 aromatic rings. The lowest BCUT2D eigenvalue weighted by Gasteiger charge is -2.31. The monoisotopic (exact) mass is 303 g/mol. The molecule has 0 aliphatic rings. The fraction of sp³-hybridized carbons (Fsp3) is 0.938. The van der Waals surface area contributed by atoms with Crippen LogP contribution in [0.4, 0.5) is 0 Å². The highest BCUT2D eigenvalue weighted by Crippen LogP contribution is 2.19. The molecule has 0 aromatic carbocycles. The van der Waals surface area contributed by atoms with E-state index >= 15 is 0 Å². The Morgan fingerprint density at radius 3 is 2.10 bits per heavy atom. The summed E-state index contributed by atoms with van der Waals surface area (Å²) in [6.45, 7) is 10.5. The number of hydrogen-bond donors (Lipinski definition) is 2. The standard InChI is InChI=1S/C16H33NO4/c1-5-7-10-20-12-13-21-11-8-9-16(6-2,15(18)19)17-14(3)4/h14,17H,5-13H2,1-4H3,(H,18,19). The number of rotatable bonds is 14. The number of carboxylic acid groups (broad SMARTS) is 1. The average Bonchev–Trinajstić information content (AvgIpc) is 2.43. The van der Waals surface area contributed by atoms with Gasteiger partial charge in [0.05, 0.1) is 13.2 Å². The van der Waals surface area contributed by atoms with Crippen LogP contribution in [0.25, 0.3) is 0 Å². The van der Waals surface area contributed by atoms with Crippen molar-refractivity contribution in [2.75, 3.05) is 26.4 Å². The predicted molar refractivity (Wildman–Crippen MR) is 84.7 cm³/mol. The van der Waals surface area contributed by atoms with Crippen molar-refractivity contribution in [2.45, 2.75) is 71.4 Å². The summed E-state index contributed by atoms with van der Waals surface area (Å²) in [5, 5.41) is 12.7. The fourth-order valence-corrected chi connectivity index (χ4v) is 2.27. The van der Waals surface area contributed by atoms with Gasteiger partial charge in [-0.1, -0.05) is 20.3 Å². The molecule has 0 aliphatic heterocycles. The molecule has 21 heavy (non-hydrogen) atoms. The molecule has 5 heteroatoms. The van der Waals surface area contributed by atoms with Crippen LogP contribution in [0.15, 0.2) is 0 Å². The first-order valence-electron chi connectivity index (χ1n) is 8.15. The molecule has 2 N–H and O–H groups in total. The van der Waals surface area contributed by atoms with Gasteiger partial charge in [0.1, 0.15) is 5.54 Å². The van der Waals surface area contributed by atoms with E-state index in [1.54, 1.807) is 0 Å². The van der Waals surface area contributed by atoms with Crippen molar-refractivity contribution in [2.24, 2.45) is 0 Å². The highest BCUT2D eigenvalue weighted by molar-refractivity contribution is 5.78. The first kappa shape index (κ1) is 20.3. The Balaban J connectivity index is 3.86. The number of hydrogen-bond acceptors (Lipinski definition) is 4. The third kappa shape index (κ3) is 9.06. The minimum atomic E-state index is -0.838. The largest absolute Gasteiger partial charge is 0.480 e. The molecule has 0 amide bonds. The van der Waals surface area contributed by atoms with Gasteiger partial charge in [-0.25, -0.2) is 0 Å². The minimum absolute atomic E-state index is 0.147. The van der Waals surface area contributed by atoms with Crippen LogP contribution in [0, 0.1) is 0 Å². The molecule has 0 radical (unpaired) electrons. The zero-order valence-corrected chi connectivity index (χ0v) is 14.1. The second-order valence-corrected chi connectivity index (χ2v) is 5.72. The van der Waals surface area contributed by atoms with Crippen molar-refractivity contribution in [3.05, 3.63) is 0 Å². The molecule has 0 rings (SSSR count). The molecule has 1 atom stereocenters. The van der Waals surface area contributed by atoms with Crippen molar-refractivity contribution in [3.63, 3.8) is 0 Å². The molecule has 5 nitrogen and oxygen atoms in total. The van der Waals surface area contributed by atoms with Gasteiger partial charge in [0.15, 0.2) is 0 Å². The van der Waals surface area contributed by atoms with E-state index in [4.69, 9.17) is 9.47 Å². The fourth-order valence-electron chi connectivity index (χ4n) is 2.27. The quantitative estimate of drug-likeness (QED) is 0.483. The van der Waals surface area contributed by atoms with Crippen molar-refractivity contribution < 1.29 is 19.4 Å².